The van der Waals surface area contributed by atoms with E-state index in [-0.39, 0.29) is 11.1 Å². The van der Waals surface area contributed by atoms with E-state index in [2.05, 4.69) is 10.1 Å². The monoisotopic (exact) mass is 266 g/mol. The van der Waals surface area contributed by atoms with E-state index in [1.54, 1.807) is 0 Å². The summed E-state index contributed by atoms with van der Waals surface area (Å²) in [5, 5.41) is 12.2. The van der Waals surface area contributed by atoms with E-state index >= 15 is 0 Å². The first-order valence-electron chi connectivity index (χ1n) is 6.00. The van der Waals surface area contributed by atoms with Crippen molar-refractivity contribution < 1.29 is 0 Å². The molecule has 0 atom stereocenters. The highest BCUT2D eigenvalue weighted by Gasteiger charge is 2.17. The van der Waals surface area contributed by atoms with Crippen molar-refractivity contribution in [2.45, 2.75) is 37.5 Å². The Morgan fingerprint density at radius 3 is 2.89 bits per heavy atom. The number of nitrogens with zero attached hydrogens (tertiary/aromatic N) is 3. The molecular weight excluding hydrogens is 248 g/mol. The zero-order valence-corrected chi connectivity index (χ0v) is 11.0. The number of aliphatic imine (C=N–C) groups is 1. The Hall–Kier alpha value is -1.50. The molecule has 18 heavy (non-hydrogen) atoms. The molecule has 1 aliphatic carbocycles. The van der Waals surface area contributed by atoms with E-state index in [1.165, 1.54) is 37.4 Å². The van der Waals surface area contributed by atoms with Crippen LogP contribution in [0.15, 0.2) is 17.3 Å². The van der Waals surface area contributed by atoms with Gasteiger partial charge >= 0.3 is 0 Å². The van der Waals surface area contributed by atoms with Gasteiger partial charge in [0, 0.05) is 11.9 Å². The molecule has 0 bridgehead atoms. The number of aromatic nitrogens is 2. The summed E-state index contributed by atoms with van der Waals surface area (Å²) >= 11 is 1.27. The topological polar surface area (TPSA) is 106 Å². The van der Waals surface area contributed by atoms with Crippen LogP contribution in [-0.2, 0) is 5.75 Å². The van der Waals surface area contributed by atoms with Gasteiger partial charge in [-0.1, -0.05) is 24.6 Å². The van der Waals surface area contributed by atoms with Gasteiger partial charge in [0.25, 0.3) is 0 Å². The van der Waals surface area contributed by atoms with Gasteiger partial charge in [-0.15, -0.1) is 0 Å². The third-order valence-electron chi connectivity index (χ3n) is 2.95. The lowest BCUT2D eigenvalue weighted by atomic mass is 10.3. The number of rotatable bonds is 3. The minimum atomic E-state index is -0.0796. The SMILES string of the molecule is N=C(N=C(N)N)SCc1ccn(C2CCCC2)n1. The van der Waals surface area contributed by atoms with Crippen molar-refractivity contribution in [3.05, 3.63) is 18.0 Å². The van der Waals surface area contributed by atoms with Crippen LogP contribution in [0.4, 0.5) is 0 Å². The first kappa shape index (κ1) is 12.9. The van der Waals surface area contributed by atoms with E-state index in [9.17, 15) is 0 Å². The number of guanidine groups is 1. The van der Waals surface area contributed by atoms with E-state index < -0.39 is 0 Å². The molecule has 0 unspecified atom stereocenters. The molecule has 1 heterocycles. The predicted molar refractivity (Wildman–Crippen MR) is 74.6 cm³/mol. The molecule has 2 rings (SSSR count). The van der Waals surface area contributed by atoms with Gasteiger partial charge in [-0.05, 0) is 18.9 Å². The molecule has 5 N–H and O–H groups in total. The Bertz CT molecular complexity index is 442. The van der Waals surface area contributed by atoms with Crippen molar-refractivity contribution in [2.75, 3.05) is 0 Å². The molecule has 0 aliphatic heterocycles. The Balaban J connectivity index is 1.87. The number of nitrogens with two attached hydrogens (primary N) is 2. The third kappa shape index (κ3) is 3.49. The second-order valence-corrected chi connectivity index (χ2v) is 5.32. The van der Waals surface area contributed by atoms with Crippen LogP contribution < -0.4 is 11.5 Å². The lowest BCUT2D eigenvalue weighted by Gasteiger charge is -2.08. The van der Waals surface area contributed by atoms with Gasteiger partial charge in [0.15, 0.2) is 11.1 Å². The van der Waals surface area contributed by atoms with E-state index in [1.807, 2.05) is 16.9 Å². The van der Waals surface area contributed by atoms with Crippen LogP contribution in [0.1, 0.15) is 37.4 Å². The fourth-order valence-corrected chi connectivity index (χ4v) is 2.73. The van der Waals surface area contributed by atoms with Crippen LogP contribution in [0.2, 0.25) is 0 Å². The maximum Gasteiger partial charge on any atom is 0.193 e. The van der Waals surface area contributed by atoms with Crippen molar-refractivity contribution >= 4 is 22.9 Å². The number of amidine groups is 1. The second-order valence-electron chi connectivity index (χ2n) is 4.36. The normalized spacial score (nSPS) is 15.8. The van der Waals surface area contributed by atoms with Gasteiger partial charge < -0.3 is 11.5 Å². The van der Waals surface area contributed by atoms with Crippen LogP contribution >= 0.6 is 11.8 Å². The van der Waals surface area contributed by atoms with Gasteiger partial charge in [-0.2, -0.15) is 10.1 Å². The molecule has 0 radical (unpaired) electrons. The third-order valence-corrected chi connectivity index (χ3v) is 3.75. The maximum atomic E-state index is 7.52. The molecule has 1 saturated carbocycles. The fourth-order valence-electron chi connectivity index (χ4n) is 2.12. The average molecular weight is 266 g/mol. The quantitative estimate of drug-likeness (QED) is 0.568. The average Bonchev–Trinajstić information content (AvgIpc) is 2.96. The molecule has 1 aromatic rings. The van der Waals surface area contributed by atoms with Crippen molar-refractivity contribution in [3.8, 4) is 0 Å². The molecule has 1 fully saturated rings. The van der Waals surface area contributed by atoms with E-state index in [0.29, 0.717) is 11.8 Å². The first-order chi connectivity index (χ1) is 8.65. The summed E-state index contributed by atoms with van der Waals surface area (Å²) in [5.74, 6) is 0.541. The number of nitrogens with one attached hydrogen (secondary N) is 1. The summed E-state index contributed by atoms with van der Waals surface area (Å²) in [6.07, 6.45) is 7.06. The highest BCUT2D eigenvalue weighted by molar-refractivity contribution is 8.13. The Labute approximate surface area is 110 Å². The van der Waals surface area contributed by atoms with Gasteiger partial charge in [-0.25, -0.2) is 0 Å². The number of hydrogen-bond donors (Lipinski definition) is 3. The summed E-state index contributed by atoms with van der Waals surface area (Å²) < 4.78 is 2.05. The molecule has 7 heteroatoms. The molecule has 0 spiro atoms. The lowest BCUT2D eigenvalue weighted by molar-refractivity contribution is 0.464. The maximum absolute atomic E-state index is 7.52. The Kier molecular flexibility index (Phi) is 4.24. The number of thioether (sulfide) groups is 1. The van der Waals surface area contributed by atoms with Gasteiger partial charge in [0.05, 0.1) is 11.7 Å². The highest BCUT2D eigenvalue weighted by Crippen LogP contribution is 2.29. The van der Waals surface area contributed by atoms with Crippen molar-refractivity contribution in [1.82, 2.24) is 9.78 Å². The largest absolute Gasteiger partial charge is 0.370 e. The predicted octanol–water partition coefficient (Wildman–Crippen LogP) is 1.44. The molecule has 0 amide bonds. The van der Waals surface area contributed by atoms with Crippen LogP contribution in [0, 0.1) is 5.41 Å². The second kappa shape index (κ2) is 5.90. The van der Waals surface area contributed by atoms with Crippen molar-refractivity contribution in [2.24, 2.45) is 16.5 Å². The smallest absolute Gasteiger partial charge is 0.193 e. The summed E-state index contributed by atoms with van der Waals surface area (Å²) in [7, 11) is 0. The minimum absolute atomic E-state index is 0.0796. The molecule has 0 aromatic carbocycles. The molecule has 1 aromatic heterocycles. The lowest BCUT2D eigenvalue weighted by Crippen LogP contribution is -2.23. The summed E-state index contributed by atoms with van der Waals surface area (Å²) in [4.78, 5) is 3.66. The van der Waals surface area contributed by atoms with Gasteiger partial charge in [0.2, 0.25) is 0 Å². The summed E-state index contributed by atoms with van der Waals surface area (Å²) in [6, 6.07) is 2.55. The molecule has 98 valence electrons. The Morgan fingerprint density at radius 1 is 1.50 bits per heavy atom. The zero-order valence-electron chi connectivity index (χ0n) is 10.2. The fraction of sp³-hybridized carbons (Fsp3) is 0.545. The van der Waals surface area contributed by atoms with Crippen LogP contribution in [0.3, 0.4) is 0 Å². The summed E-state index contributed by atoms with van der Waals surface area (Å²) in [6.45, 7) is 0. The van der Waals surface area contributed by atoms with Crippen molar-refractivity contribution in [3.63, 3.8) is 0 Å². The minimum Gasteiger partial charge on any atom is -0.370 e. The molecule has 6 nitrogen and oxygen atoms in total. The van der Waals surface area contributed by atoms with E-state index in [0.717, 1.165) is 5.69 Å². The van der Waals surface area contributed by atoms with Crippen molar-refractivity contribution in [1.29, 1.82) is 5.41 Å². The Morgan fingerprint density at radius 2 is 2.22 bits per heavy atom. The van der Waals surface area contributed by atoms with Crippen LogP contribution in [0.5, 0.6) is 0 Å². The standard InChI is InChI=1S/C11H18N6S/c12-10(13)15-11(14)18-7-8-5-6-17(16-8)9-3-1-2-4-9/h5-6,9H,1-4,7H2,(H5,12,13,14,15). The van der Waals surface area contributed by atoms with Gasteiger partial charge in [-0.3, -0.25) is 10.1 Å². The van der Waals surface area contributed by atoms with Gasteiger partial charge in [0.1, 0.15) is 0 Å². The first-order valence-corrected chi connectivity index (χ1v) is 6.99. The highest BCUT2D eigenvalue weighted by atomic mass is 32.2. The summed E-state index contributed by atoms with van der Waals surface area (Å²) in [5.41, 5.74) is 11.4. The molecule has 1 aliphatic rings. The number of hydrogen-bond acceptors (Lipinski definition) is 3. The van der Waals surface area contributed by atoms with Crippen LogP contribution in [0.25, 0.3) is 0 Å². The van der Waals surface area contributed by atoms with E-state index in [4.69, 9.17) is 16.9 Å². The molecular formula is C11H18N6S. The zero-order chi connectivity index (χ0) is 13.0. The molecule has 0 saturated heterocycles. The van der Waals surface area contributed by atoms with Crippen LogP contribution in [-0.4, -0.2) is 20.9 Å².